The lowest BCUT2D eigenvalue weighted by molar-refractivity contribution is 0.0697. The largest absolute Gasteiger partial charge is 0.478 e. The molecule has 5 nitrogen and oxygen atoms in total. The van der Waals surface area contributed by atoms with Crippen molar-refractivity contribution in [1.82, 2.24) is 14.8 Å². The SMILES string of the molecule is CC(C)(C)c1nc(C=S)nn1Cc1ccc(-c2ccccc2C(=O)O)cc1. The maximum atomic E-state index is 11.4. The second-order valence-electron chi connectivity index (χ2n) is 7.37. The van der Waals surface area contributed by atoms with Crippen LogP contribution in [0.15, 0.2) is 48.5 Å². The highest BCUT2D eigenvalue weighted by molar-refractivity contribution is 7.79. The first-order valence-electron chi connectivity index (χ1n) is 8.62. The average molecular weight is 379 g/mol. The molecule has 3 aromatic rings. The molecule has 1 heterocycles. The van der Waals surface area contributed by atoms with Crippen LogP contribution in [0, 0.1) is 0 Å². The van der Waals surface area contributed by atoms with Crippen LogP contribution in [0.25, 0.3) is 11.1 Å². The number of rotatable bonds is 5. The number of hydrogen-bond donors (Lipinski definition) is 1. The van der Waals surface area contributed by atoms with E-state index in [2.05, 4.69) is 30.9 Å². The van der Waals surface area contributed by atoms with Gasteiger partial charge in [0.15, 0.2) is 5.82 Å². The Labute approximate surface area is 163 Å². The summed E-state index contributed by atoms with van der Waals surface area (Å²) in [6.45, 7) is 6.84. The number of hydrogen-bond acceptors (Lipinski definition) is 4. The van der Waals surface area contributed by atoms with E-state index in [1.54, 1.807) is 12.1 Å². The van der Waals surface area contributed by atoms with Crippen LogP contribution in [0.2, 0.25) is 0 Å². The molecule has 0 atom stereocenters. The van der Waals surface area contributed by atoms with Crippen molar-refractivity contribution in [2.24, 2.45) is 0 Å². The van der Waals surface area contributed by atoms with E-state index in [0.717, 1.165) is 17.0 Å². The molecule has 0 spiro atoms. The van der Waals surface area contributed by atoms with Gasteiger partial charge in [-0.1, -0.05) is 75.5 Å². The molecule has 0 fully saturated rings. The molecule has 0 aliphatic heterocycles. The number of thiocarbonyl (C=S) groups is 1. The second kappa shape index (κ2) is 7.40. The van der Waals surface area contributed by atoms with E-state index < -0.39 is 5.97 Å². The molecular weight excluding hydrogens is 358 g/mol. The highest BCUT2D eigenvalue weighted by Crippen LogP contribution is 2.25. The third-order valence-electron chi connectivity index (χ3n) is 4.22. The van der Waals surface area contributed by atoms with E-state index >= 15 is 0 Å². The van der Waals surface area contributed by atoms with Crippen LogP contribution >= 0.6 is 12.2 Å². The maximum Gasteiger partial charge on any atom is 0.336 e. The summed E-state index contributed by atoms with van der Waals surface area (Å²) < 4.78 is 1.87. The Balaban J connectivity index is 1.91. The van der Waals surface area contributed by atoms with Crippen molar-refractivity contribution in [3.05, 3.63) is 71.3 Å². The molecule has 0 saturated heterocycles. The van der Waals surface area contributed by atoms with Gasteiger partial charge >= 0.3 is 5.97 Å². The van der Waals surface area contributed by atoms with Gasteiger partial charge in [-0.05, 0) is 22.8 Å². The van der Waals surface area contributed by atoms with Crippen LogP contribution < -0.4 is 0 Å². The molecule has 0 unspecified atom stereocenters. The third kappa shape index (κ3) is 4.11. The number of carboxylic acids is 1. The maximum absolute atomic E-state index is 11.4. The first-order valence-corrected chi connectivity index (χ1v) is 9.09. The zero-order chi connectivity index (χ0) is 19.6. The van der Waals surface area contributed by atoms with E-state index in [-0.39, 0.29) is 5.41 Å². The summed E-state index contributed by atoms with van der Waals surface area (Å²) in [5.74, 6) is 0.487. The number of aromatic nitrogens is 3. The lowest BCUT2D eigenvalue weighted by Gasteiger charge is -2.18. The minimum atomic E-state index is -0.931. The molecule has 2 aromatic carbocycles. The number of carbonyl (C=O) groups is 1. The van der Waals surface area contributed by atoms with Gasteiger partial charge in [-0.2, -0.15) is 5.10 Å². The molecule has 27 heavy (non-hydrogen) atoms. The molecule has 138 valence electrons. The summed E-state index contributed by atoms with van der Waals surface area (Å²) in [7, 11) is 0. The van der Waals surface area contributed by atoms with Crippen molar-refractivity contribution in [3.8, 4) is 11.1 Å². The van der Waals surface area contributed by atoms with Crippen LogP contribution in [0.3, 0.4) is 0 Å². The van der Waals surface area contributed by atoms with E-state index in [0.29, 0.717) is 23.5 Å². The van der Waals surface area contributed by atoms with Gasteiger partial charge in [0.1, 0.15) is 5.82 Å². The molecule has 0 radical (unpaired) electrons. The highest BCUT2D eigenvalue weighted by Gasteiger charge is 2.22. The number of aromatic carboxylic acids is 1. The summed E-state index contributed by atoms with van der Waals surface area (Å²) >= 11 is 4.97. The van der Waals surface area contributed by atoms with Crippen LogP contribution in [0.4, 0.5) is 0 Å². The zero-order valence-electron chi connectivity index (χ0n) is 15.5. The Kier molecular flexibility index (Phi) is 5.19. The predicted molar refractivity (Wildman–Crippen MR) is 109 cm³/mol. The summed E-state index contributed by atoms with van der Waals surface area (Å²) in [6.07, 6.45) is 0. The normalized spacial score (nSPS) is 11.4. The Morgan fingerprint density at radius 2 is 1.81 bits per heavy atom. The van der Waals surface area contributed by atoms with Crippen molar-refractivity contribution in [1.29, 1.82) is 0 Å². The molecule has 0 bridgehead atoms. The zero-order valence-corrected chi connectivity index (χ0v) is 16.3. The Bertz CT molecular complexity index is 985. The average Bonchev–Trinajstić information content (AvgIpc) is 3.06. The number of carboxylic acid groups (broad SMARTS) is 1. The van der Waals surface area contributed by atoms with Gasteiger partial charge in [-0.15, -0.1) is 0 Å². The third-order valence-corrected chi connectivity index (χ3v) is 4.43. The fraction of sp³-hybridized carbons (Fsp3) is 0.238. The predicted octanol–water partition coefficient (Wildman–Crippen LogP) is 4.34. The summed E-state index contributed by atoms with van der Waals surface area (Å²) in [5.41, 5.74) is 2.77. The van der Waals surface area contributed by atoms with E-state index in [4.69, 9.17) is 12.2 Å². The number of nitrogens with zero attached hydrogens (tertiary/aromatic N) is 3. The first-order chi connectivity index (χ1) is 12.8. The van der Waals surface area contributed by atoms with Crippen molar-refractivity contribution < 1.29 is 9.90 Å². The Morgan fingerprint density at radius 3 is 2.41 bits per heavy atom. The Morgan fingerprint density at radius 1 is 1.15 bits per heavy atom. The van der Waals surface area contributed by atoms with Crippen molar-refractivity contribution >= 4 is 23.6 Å². The standard InChI is InChI=1S/C21H21N3O2S/c1-21(2,3)20-22-18(13-27)23-24(20)12-14-8-10-15(11-9-14)16-6-4-5-7-17(16)19(25)26/h4-11,13H,12H2,1-3H3,(H,25,26). The van der Waals surface area contributed by atoms with Crippen LogP contribution in [-0.4, -0.2) is 31.2 Å². The molecule has 0 aliphatic rings. The summed E-state index contributed by atoms with van der Waals surface area (Å²) in [5, 5.41) is 15.3. The van der Waals surface area contributed by atoms with Crippen molar-refractivity contribution in [2.75, 3.05) is 0 Å². The molecule has 6 heteroatoms. The second-order valence-corrected chi connectivity index (χ2v) is 7.60. The lowest BCUT2D eigenvalue weighted by Crippen LogP contribution is -2.20. The molecule has 3 rings (SSSR count). The van der Waals surface area contributed by atoms with Gasteiger partial charge in [0.05, 0.1) is 12.1 Å². The van der Waals surface area contributed by atoms with Crippen molar-refractivity contribution in [2.45, 2.75) is 32.7 Å². The molecule has 0 aliphatic carbocycles. The minimum Gasteiger partial charge on any atom is -0.478 e. The van der Waals surface area contributed by atoms with Crippen LogP contribution in [-0.2, 0) is 12.0 Å². The monoisotopic (exact) mass is 379 g/mol. The van der Waals surface area contributed by atoms with Crippen LogP contribution in [0.1, 0.15) is 48.3 Å². The minimum absolute atomic E-state index is 0.149. The van der Waals surface area contributed by atoms with Gasteiger partial charge in [0.2, 0.25) is 0 Å². The topological polar surface area (TPSA) is 68.0 Å². The van der Waals surface area contributed by atoms with Crippen LogP contribution in [0.5, 0.6) is 0 Å². The van der Waals surface area contributed by atoms with E-state index in [1.165, 1.54) is 5.37 Å². The quantitative estimate of drug-likeness (QED) is 0.668. The van der Waals surface area contributed by atoms with E-state index in [1.807, 2.05) is 41.1 Å². The fourth-order valence-corrected chi connectivity index (χ4v) is 3.06. The number of benzene rings is 2. The first kappa shape index (κ1) is 18.9. The van der Waals surface area contributed by atoms with Gasteiger partial charge in [0, 0.05) is 10.8 Å². The molecular formula is C21H21N3O2S. The van der Waals surface area contributed by atoms with Gasteiger partial charge < -0.3 is 5.11 Å². The fourth-order valence-electron chi connectivity index (χ4n) is 2.96. The van der Waals surface area contributed by atoms with Crippen molar-refractivity contribution in [3.63, 3.8) is 0 Å². The summed E-state index contributed by atoms with van der Waals surface area (Å²) in [6, 6.07) is 14.8. The Hall–Kier alpha value is -2.86. The van der Waals surface area contributed by atoms with Gasteiger partial charge in [0.25, 0.3) is 0 Å². The van der Waals surface area contributed by atoms with E-state index in [9.17, 15) is 9.90 Å². The molecule has 0 amide bonds. The molecule has 1 N–H and O–H groups in total. The summed E-state index contributed by atoms with van der Waals surface area (Å²) in [4.78, 5) is 16.0. The molecule has 1 aromatic heterocycles. The smallest absolute Gasteiger partial charge is 0.336 e. The van der Waals surface area contributed by atoms with Gasteiger partial charge in [-0.25, -0.2) is 14.5 Å². The van der Waals surface area contributed by atoms with Gasteiger partial charge in [-0.3, -0.25) is 0 Å². The lowest BCUT2D eigenvalue weighted by atomic mass is 9.95. The molecule has 0 saturated carbocycles. The highest BCUT2D eigenvalue weighted by atomic mass is 32.1.